The second-order valence-electron chi connectivity index (χ2n) is 7.81. The zero-order chi connectivity index (χ0) is 25.5. The number of hydrogen-bond donors (Lipinski definition) is 1. The summed E-state index contributed by atoms with van der Waals surface area (Å²) in [6, 6.07) is 24.7. The maximum Gasteiger partial charge on any atom is 0.344 e. The number of nitrogens with one attached hydrogen (secondary N) is 1. The maximum atomic E-state index is 12.7. The van der Waals surface area contributed by atoms with E-state index in [-0.39, 0.29) is 0 Å². The highest BCUT2D eigenvalue weighted by Gasteiger charge is 2.19. The van der Waals surface area contributed by atoms with Crippen molar-refractivity contribution in [2.75, 3.05) is 0 Å². The van der Waals surface area contributed by atoms with Crippen LogP contribution in [-0.2, 0) is 4.79 Å². The lowest BCUT2D eigenvalue weighted by molar-refractivity contribution is -0.128. The Labute approximate surface area is 218 Å². The molecule has 0 saturated carbocycles. The first-order valence-electron chi connectivity index (χ1n) is 11.2. The average molecular weight is 521 g/mol. The van der Waals surface area contributed by atoms with E-state index in [0.29, 0.717) is 39.1 Å². The van der Waals surface area contributed by atoms with E-state index in [9.17, 15) is 9.59 Å². The fraction of sp³-hybridized carbons (Fsp3) is 0.107. The second kappa shape index (κ2) is 11.7. The van der Waals surface area contributed by atoms with Gasteiger partial charge < -0.3 is 9.47 Å². The molecule has 0 fully saturated rings. The van der Waals surface area contributed by atoms with Crippen LogP contribution in [0.15, 0.2) is 90.0 Å². The highest BCUT2D eigenvalue weighted by Crippen LogP contribution is 2.28. The first-order valence-corrected chi connectivity index (χ1v) is 11.9. The number of rotatable bonds is 8. The summed E-state index contributed by atoms with van der Waals surface area (Å²) in [5.74, 6) is -0.0959. The number of amides is 1. The van der Waals surface area contributed by atoms with Gasteiger partial charge in [0.2, 0.25) is 0 Å². The largest absolute Gasteiger partial charge is 0.479 e. The van der Waals surface area contributed by atoms with Crippen molar-refractivity contribution in [1.82, 2.24) is 5.43 Å². The molecule has 0 aliphatic carbocycles. The third-order valence-corrected chi connectivity index (χ3v) is 5.85. The molecular weight excluding hydrogens is 499 g/mol. The molecule has 1 amide bonds. The normalized spacial score (nSPS) is 11.9. The summed E-state index contributed by atoms with van der Waals surface area (Å²) >= 11 is 12.0. The minimum atomic E-state index is -0.781. The summed E-state index contributed by atoms with van der Waals surface area (Å²) in [4.78, 5) is 25.2. The van der Waals surface area contributed by atoms with Crippen molar-refractivity contribution in [2.24, 2.45) is 5.10 Å². The molecule has 36 heavy (non-hydrogen) atoms. The molecular formula is C28H22Cl2N2O4. The summed E-state index contributed by atoms with van der Waals surface area (Å²) < 4.78 is 11.2. The Morgan fingerprint density at radius 3 is 2.47 bits per heavy atom. The second-order valence-corrected chi connectivity index (χ2v) is 8.65. The predicted molar refractivity (Wildman–Crippen MR) is 142 cm³/mol. The van der Waals surface area contributed by atoms with Crippen molar-refractivity contribution in [2.45, 2.75) is 19.4 Å². The third kappa shape index (κ3) is 6.22. The molecule has 0 spiro atoms. The Hall–Kier alpha value is -3.87. The Kier molecular flexibility index (Phi) is 8.21. The minimum Gasteiger partial charge on any atom is -0.479 e. The van der Waals surface area contributed by atoms with Crippen LogP contribution in [0.1, 0.15) is 29.3 Å². The van der Waals surface area contributed by atoms with Crippen LogP contribution >= 0.6 is 23.2 Å². The van der Waals surface area contributed by atoms with E-state index in [1.165, 1.54) is 6.21 Å². The molecule has 4 aromatic carbocycles. The zero-order valence-electron chi connectivity index (χ0n) is 19.3. The van der Waals surface area contributed by atoms with Crippen molar-refractivity contribution in [3.8, 4) is 11.5 Å². The van der Waals surface area contributed by atoms with E-state index in [1.807, 2.05) is 43.3 Å². The van der Waals surface area contributed by atoms with Crippen LogP contribution < -0.4 is 14.9 Å². The van der Waals surface area contributed by atoms with E-state index in [4.69, 9.17) is 32.7 Å². The van der Waals surface area contributed by atoms with Crippen LogP contribution in [0, 0.1) is 0 Å². The Balaban J connectivity index is 1.34. The van der Waals surface area contributed by atoms with Crippen molar-refractivity contribution < 1.29 is 19.1 Å². The first-order chi connectivity index (χ1) is 17.4. The van der Waals surface area contributed by atoms with Gasteiger partial charge in [-0.25, -0.2) is 10.2 Å². The molecule has 8 heteroatoms. The molecule has 0 heterocycles. The molecule has 6 nitrogen and oxygen atoms in total. The van der Waals surface area contributed by atoms with Gasteiger partial charge in [-0.3, -0.25) is 4.79 Å². The molecule has 0 radical (unpaired) electrons. The lowest BCUT2D eigenvalue weighted by Crippen LogP contribution is -2.35. The number of ether oxygens (including phenoxy) is 2. The Morgan fingerprint density at radius 2 is 1.72 bits per heavy atom. The van der Waals surface area contributed by atoms with Gasteiger partial charge in [-0.15, -0.1) is 0 Å². The summed E-state index contributed by atoms with van der Waals surface area (Å²) in [5.41, 5.74) is 3.67. The molecule has 0 unspecified atom stereocenters. The van der Waals surface area contributed by atoms with Gasteiger partial charge in [0.1, 0.15) is 11.5 Å². The van der Waals surface area contributed by atoms with Crippen molar-refractivity contribution >= 4 is 52.1 Å². The van der Waals surface area contributed by atoms with E-state index < -0.39 is 18.0 Å². The van der Waals surface area contributed by atoms with Gasteiger partial charge in [0.05, 0.1) is 16.8 Å². The van der Waals surface area contributed by atoms with Crippen molar-refractivity contribution in [3.63, 3.8) is 0 Å². The SMILES string of the molecule is CC[C@@H](Oc1ccc(Cl)cc1Cl)C(=O)N/N=C\c1ccc(OC(=O)c2cccc3ccccc23)cc1. The summed E-state index contributed by atoms with van der Waals surface area (Å²) in [6.45, 7) is 1.82. The van der Waals surface area contributed by atoms with Gasteiger partial charge in [-0.2, -0.15) is 5.10 Å². The van der Waals surface area contributed by atoms with Crippen LogP contribution in [0.25, 0.3) is 10.8 Å². The number of hydrogen-bond acceptors (Lipinski definition) is 5. The fourth-order valence-corrected chi connectivity index (χ4v) is 3.93. The number of carbonyl (C=O) groups is 2. The number of benzene rings is 4. The van der Waals surface area contributed by atoms with Gasteiger partial charge >= 0.3 is 5.97 Å². The van der Waals surface area contributed by atoms with Crippen molar-refractivity contribution in [1.29, 1.82) is 0 Å². The predicted octanol–water partition coefficient (Wildman–Crippen LogP) is 6.67. The number of nitrogens with zero attached hydrogens (tertiary/aromatic N) is 1. The highest BCUT2D eigenvalue weighted by atomic mass is 35.5. The van der Waals surface area contributed by atoms with Crippen LogP contribution in [-0.4, -0.2) is 24.2 Å². The molecule has 0 aromatic heterocycles. The number of carbonyl (C=O) groups excluding carboxylic acids is 2. The maximum absolute atomic E-state index is 12.7. The van der Waals surface area contributed by atoms with Crippen LogP contribution in [0.4, 0.5) is 0 Å². The lowest BCUT2D eigenvalue weighted by Gasteiger charge is -2.16. The lowest BCUT2D eigenvalue weighted by atomic mass is 10.0. The molecule has 1 N–H and O–H groups in total. The van der Waals surface area contributed by atoms with Gasteiger partial charge in [-0.05, 0) is 71.3 Å². The topological polar surface area (TPSA) is 77.0 Å². The smallest absolute Gasteiger partial charge is 0.344 e. The number of halogens is 2. The summed E-state index contributed by atoms with van der Waals surface area (Å²) in [5, 5.41) is 6.58. The zero-order valence-corrected chi connectivity index (χ0v) is 20.8. The van der Waals surface area contributed by atoms with E-state index in [1.54, 1.807) is 48.5 Å². The quantitative estimate of drug-likeness (QED) is 0.122. The molecule has 1 atom stereocenters. The monoisotopic (exact) mass is 520 g/mol. The van der Waals surface area contributed by atoms with E-state index in [2.05, 4.69) is 10.5 Å². The molecule has 0 aliphatic rings. The van der Waals surface area contributed by atoms with Gasteiger partial charge in [0, 0.05) is 5.02 Å². The molecule has 0 aliphatic heterocycles. The highest BCUT2D eigenvalue weighted by molar-refractivity contribution is 6.35. The van der Waals surface area contributed by atoms with E-state index >= 15 is 0 Å². The molecule has 182 valence electrons. The molecule has 4 aromatic rings. The Morgan fingerprint density at radius 1 is 0.972 bits per heavy atom. The number of fused-ring (bicyclic) bond motifs is 1. The standard InChI is InChI=1S/C28H22Cl2N2O4/c1-2-25(36-26-15-12-20(29)16-24(26)30)27(33)32-31-17-18-10-13-21(14-11-18)35-28(34)23-9-5-7-19-6-3-4-8-22(19)23/h3-17,25H,2H2,1H3,(H,32,33)/b31-17-/t25-/m1/s1. The van der Waals surface area contributed by atoms with Gasteiger partial charge in [-0.1, -0.05) is 66.5 Å². The molecule has 0 bridgehead atoms. The molecule has 4 rings (SSSR count). The summed E-state index contributed by atoms with van der Waals surface area (Å²) in [7, 11) is 0. The van der Waals surface area contributed by atoms with Crippen LogP contribution in [0.5, 0.6) is 11.5 Å². The fourth-order valence-electron chi connectivity index (χ4n) is 3.48. The average Bonchev–Trinajstić information content (AvgIpc) is 2.89. The minimum absolute atomic E-state index is 0.318. The molecule has 0 saturated heterocycles. The number of esters is 1. The van der Waals surface area contributed by atoms with E-state index in [0.717, 1.165) is 10.8 Å². The first kappa shape index (κ1) is 25.2. The van der Waals surface area contributed by atoms with Gasteiger partial charge in [0.15, 0.2) is 6.10 Å². The summed E-state index contributed by atoms with van der Waals surface area (Å²) in [6.07, 6.45) is 1.12. The van der Waals surface area contributed by atoms with Crippen LogP contribution in [0.2, 0.25) is 10.0 Å². The number of hydrazone groups is 1. The Bertz CT molecular complexity index is 1420. The van der Waals surface area contributed by atoms with Crippen molar-refractivity contribution in [3.05, 3.63) is 106 Å². The third-order valence-electron chi connectivity index (χ3n) is 5.31. The van der Waals surface area contributed by atoms with Gasteiger partial charge in [0.25, 0.3) is 5.91 Å². The van der Waals surface area contributed by atoms with Crippen LogP contribution in [0.3, 0.4) is 0 Å².